The molecule has 0 fully saturated rings. The van der Waals surface area contributed by atoms with E-state index in [1.54, 1.807) is 6.92 Å². The lowest BCUT2D eigenvalue weighted by atomic mass is 10.1. The number of primary amides is 1. The normalized spacial score (nSPS) is 10.5. The number of pyridine rings is 1. The van der Waals surface area contributed by atoms with Gasteiger partial charge in [0.2, 0.25) is 0 Å². The molecule has 8 heteroatoms. The van der Waals surface area contributed by atoms with E-state index in [0.717, 1.165) is 4.57 Å². The number of carbonyl (C=O) groups excluding carboxylic acids is 2. The minimum atomic E-state index is -0.855. The van der Waals surface area contributed by atoms with E-state index in [1.165, 1.54) is 25.3 Å². The van der Waals surface area contributed by atoms with E-state index in [9.17, 15) is 9.59 Å². The van der Waals surface area contributed by atoms with Crippen molar-refractivity contribution < 1.29 is 19.1 Å². The molecule has 2 aromatic rings. The number of rotatable bonds is 3. The average Bonchev–Trinajstić information content (AvgIpc) is 2.45. The molecule has 0 aliphatic heterocycles. The number of methoxy groups -OCH3 is 1. The number of carbonyl (C=O) groups is 2. The Morgan fingerprint density at radius 3 is 2.59 bits per heavy atom. The van der Waals surface area contributed by atoms with E-state index >= 15 is 0 Å². The zero-order valence-electron chi connectivity index (χ0n) is 12.0. The standard InChI is InChI=1S/C14H14ClN3O4/c1-3-22-13(19)8-5-12(16)18(14(17)20)10-6-9(15)11(21-2)4-7(8)10/h4-6,16H,3H2,1-2H3,(H2,17,20). The molecule has 0 aliphatic rings. The second-order valence-corrected chi connectivity index (χ2v) is 4.75. The topological polar surface area (TPSA) is 107 Å². The van der Waals surface area contributed by atoms with Crippen LogP contribution in [0.1, 0.15) is 17.3 Å². The molecule has 1 heterocycles. The second kappa shape index (κ2) is 6.07. The third-order valence-electron chi connectivity index (χ3n) is 3.04. The van der Waals surface area contributed by atoms with Crippen LogP contribution < -0.4 is 16.0 Å². The maximum Gasteiger partial charge on any atom is 0.338 e. The molecule has 0 bridgehead atoms. The minimum absolute atomic E-state index is 0.134. The highest BCUT2D eigenvalue weighted by atomic mass is 35.5. The van der Waals surface area contributed by atoms with Gasteiger partial charge in [-0.05, 0) is 25.1 Å². The number of benzene rings is 1. The van der Waals surface area contributed by atoms with E-state index in [1.807, 2.05) is 0 Å². The van der Waals surface area contributed by atoms with Crippen molar-refractivity contribution in [3.8, 4) is 5.75 Å². The summed E-state index contributed by atoms with van der Waals surface area (Å²) < 4.78 is 11.0. The Bertz CT molecular complexity index is 829. The number of halogens is 1. The van der Waals surface area contributed by atoms with Crippen molar-refractivity contribution in [3.63, 3.8) is 0 Å². The molecule has 1 aromatic carbocycles. The Hall–Kier alpha value is -2.54. The molecule has 7 nitrogen and oxygen atoms in total. The van der Waals surface area contributed by atoms with Gasteiger partial charge in [0.15, 0.2) is 0 Å². The average molecular weight is 324 g/mol. The van der Waals surface area contributed by atoms with Gasteiger partial charge >= 0.3 is 12.0 Å². The van der Waals surface area contributed by atoms with Gasteiger partial charge in [-0.15, -0.1) is 0 Å². The molecule has 116 valence electrons. The van der Waals surface area contributed by atoms with Crippen molar-refractivity contribution in [2.75, 3.05) is 13.7 Å². The largest absolute Gasteiger partial charge is 0.495 e. The fourth-order valence-corrected chi connectivity index (χ4v) is 2.36. The van der Waals surface area contributed by atoms with Crippen LogP contribution in [0.4, 0.5) is 4.79 Å². The molecule has 2 rings (SSSR count). The fourth-order valence-electron chi connectivity index (χ4n) is 2.12. The minimum Gasteiger partial charge on any atom is -0.495 e. The van der Waals surface area contributed by atoms with E-state index in [0.29, 0.717) is 11.1 Å². The Balaban J connectivity index is 2.93. The number of nitrogens with zero attached hydrogens (tertiary/aromatic N) is 1. The molecule has 0 atom stereocenters. The summed E-state index contributed by atoms with van der Waals surface area (Å²) >= 11 is 6.06. The molecule has 0 unspecified atom stereocenters. The van der Waals surface area contributed by atoms with Crippen molar-refractivity contribution in [3.05, 3.63) is 34.3 Å². The Kier molecular flexibility index (Phi) is 4.37. The van der Waals surface area contributed by atoms with Crippen LogP contribution in [0.3, 0.4) is 0 Å². The molecule has 1 amide bonds. The van der Waals surface area contributed by atoms with Crippen molar-refractivity contribution in [2.24, 2.45) is 5.73 Å². The van der Waals surface area contributed by atoms with Gasteiger partial charge in [0.1, 0.15) is 11.2 Å². The third-order valence-corrected chi connectivity index (χ3v) is 3.33. The summed E-state index contributed by atoms with van der Waals surface area (Å²) in [5.41, 5.74) is 5.42. The van der Waals surface area contributed by atoms with Gasteiger partial charge in [0.05, 0.1) is 29.8 Å². The predicted molar refractivity (Wildman–Crippen MR) is 80.3 cm³/mol. The summed E-state index contributed by atoms with van der Waals surface area (Å²) in [5, 5.41) is 8.48. The molecule has 0 saturated heterocycles. The Labute approximate surface area is 130 Å². The second-order valence-electron chi connectivity index (χ2n) is 4.34. The zero-order valence-corrected chi connectivity index (χ0v) is 12.7. The van der Waals surface area contributed by atoms with Crippen LogP contribution in [0.25, 0.3) is 10.9 Å². The quantitative estimate of drug-likeness (QED) is 0.841. The van der Waals surface area contributed by atoms with Gasteiger partial charge in [0.25, 0.3) is 0 Å². The summed E-state index contributed by atoms with van der Waals surface area (Å²) in [4.78, 5) is 23.7. The lowest BCUT2D eigenvalue weighted by molar-refractivity contribution is 0.0528. The van der Waals surface area contributed by atoms with Crippen LogP contribution in [0.15, 0.2) is 18.2 Å². The molecule has 0 aliphatic carbocycles. The first-order valence-corrected chi connectivity index (χ1v) is 6.73. The molecule has 0 spiro atoms. The zero-order chi connectivity index (χ0) is 16.4. The van der Waals surface area contributed by atoms with Gasteiger partial charge in [-0.1, -0.05) is 11.6 Å². The van der Waals surface area contributed by atoms with E-state index in [-0.39, 0.29) is 28.2 Å². The first kappa shape index (κ1) is 15.8. The smallest absolute Gasteiger partial charge is 0.338 e. The predicted octanol–water partition coefficient (Wildman–Crippen LogP) is 1.89. The van der Waals surface area contributed by atoms with Gasteiger partial charge in [-0.25, -0.2) is 14.2 Å². The maximum atomic E-state index is 12.1. The van der Waals surface area contributed by atoms with E-state index < -0.39 is 12.0 Å². The number of amides is 1. The first-order chi connectivity index (χ1) is 10.4. The summed E-state index contributed by atoms with van der Waals surface area (Å²) in [5.74, 6) is -0.282. The number of hydrogen-bond donors (Lipinski definition) is 2. The molecular weight excluding hydrogens is 310 g/mol. The van der Waals surface area contributed by atoms with Crippen LogP contribution in [-0.2, 0) is 4.74 Å². The third kappa shape index (κ3) is 2.62. The molecule has 1 aromatic heterocycles. The molecule has 0 saturated carbocycles. The number of nitrogens with two attached hydrogens (primary N) is 1. The van der Waals surface area contributed by atoms with E-state index in [4.69, 9.17) is 32.2 Å². The fraction of sp³-hybridized carbons (Fsp3) is 0.214. The van der Waals surface area contributed by atoms with Gasteiger partial charge < -0.3 is 15.2 Å². The lowest BCUT2D eigenvalue weighted by Crippen LogP contribution is -2.32. The Morgan fingerprint density at radius 1 is 1.36 bits per heavy atom. The monoisotopic (exact) mass is 323 g/mol. The first-order valence-electron chi connectivity index (χ1n) is 6.35. The van der Waals surface area contributed by atoms with Crippen LogP contribution >= 0.6 is 11.6 Å². The molecule has 22 heavy (non-hydrogen) atoms. The van der Waals surface area contributed by atoms with Gasteiger partial charge in [-0.2, -0.15) is 0 Å². The summed E-state index contributed by atoms with van der Waals surface area (Å²) in [6, 6.07) is 3.29. The maximum absolute atomic E-state index is 12.1. The number of nitrogens with one attached hydrogen (secondary N) is 1. The van der Waals surface area contributed by atoms with Gasteiger partial charge in [-0.3, -0.25) is 5.41 Å². The van der Waals surface area contributed by atoms with Crippen molar-refractivity contribution in [1.29, 1.82) is 5.41 Å². The van der Waals surface area contributed by atoms with Crippen LogP contribution in [0.2, 0.25) is 5.02 Å². The number of fused-ring (bicyclic) bond motifs is 1. The van der Waals surface area contributed by atoms with E-state index in [2.05, 4.69) is 0 Å². The molecular formula is C14H14ClN3O4. The number of aromatic nitrogens is 1. The van der Waals surface area contributed by atoms with Crippen molar-refractivity contribution >= 4 is 34.5 Å². The number of ether oxygens (including phenoxy) is 2. The van der Waals surface area contributed by atoms with Crippen molar-refractivity contribution in [2.45, 2.75) is 6.92 Å². The SMILES string of the molecule is CCOC(=O)c1cc(=N)n(C(N)=O)c2cc(Cl)c(OC)cc12. The number of esters is 1. The summed E-state index contributed by atoms with van der Waals surface area (Å²) in [6.45, 7) is 1.86. The highest BCUT2D eigenvalue weighted by molar-refractivity contribution is 6.33. The van der Waals surface area contributed by atoms with Crippen LogP contribution in [0, 0.1) is 5.41 Å². The van der Waals surface area contributed by atoms with Crippen LogP contribution in [-0.4, -0.2) is 30.3 Å². The molecule has 0 radical (unpaired) electrons. The highest BCUT2D eigenvalue weighted by Crippen LogP contribution is 2.31. The highest BCUT2D eigenvalue weighted by Gasteiger charge is 2.18. The summed E-state index contributed by atoms with van der Waals surface area (Å²) in [7, 11) is 1.43. The number of hydrogen-bond acceptors (Lipinski definition) is 5. The molecule has 3 N–H and O–H groups in total. The van der Waals surface area contributed by atoms with Crippen LogP contribution in [0.5, 0.6) is 5.75 Å². The van der Waals surface area contributed by atoms with Crippen molar-refractivity contribution in [1.82, 2.24) is 4.57 Å². The Morgan fingerprint density at radius 2 is 2.05 bits per heavy atom. The lowest BCUT2D eigenvalue weighted by Gasteiger charge is -2.13. The summed E-state index contributed by atoms with van der Waals surface area (Å²) in [6.07, 6.45) is 0. The van der Waals surface area contributed by atoms with Gasteiger partial charge in [0, 0.05) is 5.39 Å².